The Morgan fingerprint density at radius 2 is 1.90 bits per heavy atom. The molecule has 106 valence electrons. The Balaban J connectivity index is 2.01. The summed E-state index contributed by atoms with van der Waals surface area (Å²) >= 11 is 0. The molecule has 0 bridgehead atoms. The van der Waals surface area contributed by atoms with E-state index >= 15 is 0 Å². The number of carbonyl (C=O) groups excluding carboxylic acids is 2. The number of piperazine rings is 1. The van der Waals surface area contributed by atoms with Gasteiger partial charge in [-0.25, -0.2) is 0 Å². The molecule has 21 heavy (non-hydrogen) atoms. The summed E-state index contributed by atoms with van der Waals surface area (Å²) < 4.78 is 0. The standard InChI is InChI=1S/C15H13N3O3/c1-17-7-11(19)18-6-10-12(13(18)15(17)21)14(20)8-4-2-3-5-9(8)16-10/h2-5,13H,6-7H2,1H3,(H,16,20)/t13-/m0/s1. The van der Waals surface area contributed by atoms with E-state index in [4.69, 9.17) is 0 Å². The molecule has 3 heterocycles. The van der Waals surface area contributed by atoms with Crippen LogP contribution in [0.3, 0.4) is 0 Å². The number of nitrogens with zero attached hydrogens (tertiary/aromatic N) is 2. The molecule has 2 aromatic rings. The fraction of sp³-hybridized carbons (Fsp3) is 0.267. The molecular formula is C15H13N3O3. The molecule has 0 unspecified atom stereocenters. The topological polar surface area (TPSA) is 73.5 Å². The van der Waals surface area contributed by atoms with E-state index in [1.165, 1.54) is 9.80 Å². The van der Waals surface area contributed by atoms with Crippen molar-refractivity contribution in [2.75, 3.05) is 13.6 Å². The van der Waals surface area contributed by atoms with Crippen molar-refractivity contribution in [1.29, 1.82) is 0 Å². The van der Waals surface area contributed by atoms with Crippen molar-refractivity contribution in [1.82, 2.24) is 14.8 Å². The minimum absolute atomic E-state index is 0.0665. The fourth-order valence-electron chi connectivity index (χ4n) is 3.20. The lowest BCUT2D eigenvalue weighted by Crippen LogP contribution is -2.51. The smallest absolute Gasteiger partial charge is 0.250 e. The van der Waals surface area contributed by atoms with Crippen LogP contribution in [0.2, 0.25) is 0 Å². The number of H-pyrrole nitrogens is 1. The number of rotatable bonds is 0. The van der Waals surface area contributed by atoms with Crippen LogP contribution in [-0.2, 0) is 16.1 Å². The first-order valence-electron chi connectivity index (χ1n) is 6.76. The van der Waals surface area contributed by atoms with E-state index < -0.39 is 6.04 Å². The van der Waals surface area contributed by atoms with Gasteiger partial charge in [0.25, 0.3) is 0 Å². The molecule has 0 saturated carbocycles. The van der Waals surface area contributed by atoms with Gasteiger partial charge in [0.05, 0.1) is 18.7 Å². The van der Waals surface area contributed by atoms with Crippen LogP contribution in [0.15, 0.2) is 29.1 Å². The SMILES string of the molecule is CN1CC(=O)N2Cc3[nH]c4ccccc4c(=O)c3[C@H]2C1=O. The van der Waals surface area contributed by atoms with Crippen LogP contribution >= 0.6 is 0 Å². The van der Waals surface area contributed by atoms with Gasteiger partial charge in [0, 0.05) is 23.6 Å². The van der Waals surface area contributed by atoms with Crippen LogP contribution in [0.1, 0.15) is 17.3 Å². The summed E-state index contributed by atoms with van der Waals surface area (Å²) in [7, 11) is 1.59. The van der Waals surface area contributed by atoms with Crippen molar-refractivity contribution in [2.24, 2.45) is 0 Å². The molecule has 0 spiro atoms. The zero-order chi connectivity index (χ0) is 14.7. The lowest BCUT2D eigenvalue weighted by atomic mass is 10.0. The van der Waals surface area contributed by atoms with E-state index in [0.29, 0.717) is 23.2 Å². The summed E-state index contributed by atoms with van der Waals surface area (Å²) in [5, 5.41) is 0.548. The first-order chi connectivity index (χ1) is 10.1. The zero-order valence-corrected chi connectivity index (χ0v) is 11.4. The molecule has 1 N–H and O–H groups in total. The second kappa shape index (κ2) is 3.94. The van der Waals surface area contributed by atoms with Crippen molar-refractivity contribution in [2.45, 2.75) is 12.6 Å². The first-order valence-corrected chi connectivity index (χ1v) is 6.76. The number of aromatic nitrogens is 1. The number of benzene rings is 1. The molecule has 0 aliphatic carbocycles. The number of para-hydroxylation sites is 1. The Hall–Kier alpha value is -2.63. The number of carbonyl (C=O) groups is 2. The van der Waals surface area contributed by atoms with Crippen LogP contribution in [0.4, 0.5) is 0 Å². The molecule has 4 rings (SSSR count). The van der Waals surface area contributed by atoms with E-state index in [1.807, 2.05) is 12.1 Å². The number of amides is 2. The monoisotopic (exact) mass is 283 g/mol. The van der Waals surface area contributed by atoms with E-state index in [1.54, 1.807) is 19.2 Å². The van der Waals surface area contributed by atoms with Crippen molar-refractivity contribution in [3.8, 4) is 0 Å². The van der Waals surface area contributed by atoms with Gasteiger partial charge in [-0.15, -0.1) is 0 Å². The minimum Gasteiger partial charge on any atom is -0.356 e. The summed E-state index contributed by atoms with van der Waals surface area (Å²) in [4.78, 5) is 43.3. The van der Waals surface area contributed by atoms with E-state index in [0.717, 1.165) is 5.52 Å². The van der Waals surface area contributed by atoms with Crippen molar-refractivity contribution in [3.63, 3.8) is 0 Å². The van der Waals surface area contributed by atoms with Crippen molar-refractivity contribution in [3.05, 3.63) is 45.7 Å². The third-order valence-corrected chi connectivity index (χ3v) is 4.24. The molecule has 1 aromatic carbocycles. The van der Waals surface area contributed by atoms with Gasteiger partial charge in [0.15, 0.2) is 5.43 Å². The molecule has 1 aromatic heterocycles. The van der Waals surface area contributed by atoms with Crippen LogP contribution in [0.25, 0.3) is 10.9 Å². The molecule has 2 aliphatic heterocycles. The average molecular weight is 283 g/mol. The highest BCUT2D eigenvalue weighted by Crippen LogP contribution is 2.35. The van der Waals surface area contributed by atoms with Gasteiger partial charge in [-0.2, -0.15) is 0 Å². The van der Waals surface area contributed by atoms with Gasteiger partial charge in [-0.1, -0.05) is 12.1 Å². The van der Waals surface area contributed by atoms with Crippen LogP contribution < -0.4 is 5.43 Å². The maximum atomic E-state index is 12.7. The lowest BCUT2D eigenvalue weighted by Gasteiger charge is -2.34. The third-order valence-electron chi connectivity index (χ3n) is 4.24. The van der Waals surface area contributed by atoms with E-state index in [-0.39, 0.29) is 23.8 Å². The second-order valence-electron chi connectivity index (χ2n) is 5.51. The largest absolute Gasteiger partial charge is 0.356 e. The Bertz CT molecular complexity index is 855. The number of likely N-dealkylation sites (N-methyl/N-ethyl adjacent to an activating group) is 1. The lowest BCUT2D eigenvalue weighted by molar-refractivity contribution is -0.154. The number of hydrogen-bond acceptors (Lipinski definition) is 3. The van der Waals surface area contributed by atoms with Gasteiger partial charge >= 0.3 is 0 Å². The number of fused-ring (bicyclic) bond motifs is 4. The van der Waals surface area contributed by atoms with Gasteiger partial charge in [-0.3, -0.25) is 14.4 Å². The predicted molar refractivity (Wildman–Crippen MR) is 75.5 cm³/mol. The summed E-state index contributed by atoms with van der Waals surface area (Å²) in [5.74, 6) is -0.329. The third kappa shape index (κ3) is 1.50. The summed E-state index contributed by atoms with van der Waals surface area (Å²) in [5.41, 5.74) is 1.65. The predicted octanol–water partition coefficient (Wildman–Crippen LogP) is 0.383. The fourth-order valence-corrected chi connectivity index (χ4v) is 3.20. The number of hydrogen-bond donors (Lipinski definition) is 1. The van der Waals surface area contributed by atoms with E-state index in [2.05, 4.69) is 4.98 Å². The Morgan fingerprint density at radius 1 is 1.14 bits per heavy atom. The van der Waals surface area contributed by atoms with Crippen LogP contribution in [0.5, 0.6) is 0 Å². The van der Waals surface area contributed by atoms with Crippen LogP contribution in [0, 0.1) is 0 Å². The van der Waals surface area contributed by atoms with Crippen molar-refractivity contribution >= 4 is 22.7 Å². The molecule has 0 radical (unpaired) electrons. The number of nitrogens with one attached hydrogen (secondary N) is 1. The molecule has 6 heteroatoms. The highest BCUT2D eigenvalue weighted by atomic mass is 16.2. The number of pyridine rings is 1. The molecular weight excluding hydrogens is 270 g/mol. The van der Waals surface area contributed by atoms with Gasteiger partial charge in [0.1, 0.15) is 6.04 Å². The second-order valence-corrected chi connectivity index (χ2v) is 5.51. The van der Waals surface area contributed by atoms with Crippen LogP contribution in [-0.4, -0.2) is 40.2 Å². The minimum atomic E-state index is -0.778. The zero-order valence-electron chi connectivity index (χ0n) is 11.4. The molecule has 1 atom stereocenters. The summed E-state index contributed by atoms with van der Waals surface area (Å²) in [6.45, 7) is 0.357. The molecule has 6 nitrogen and oxygen atoms in total. The van der Waals surface area contributed by atoms with Crippen molar-refractivity contribution < 1.29 is 9.59 Å². The summed E-state index contributed by atoms with van der Waals surface area (Å²) in [6, 6.07) is 6.41. The highest BCUT2D eigenvalue weighted by Gasteiger charge is 2.46. The highest BCUT2D eigenvalue weighted by molar-refractivity contribution is 5.97. The molecule has 2 aliphatic rings. The maximum absolute atomic E-state index is 12.7. The van der Waals surface area contributed by atoms with Gasteiger partial charge in [-0.05, 0) is 12.1 Å². The Labute approximate surface area is 120 Å². The quantitative estimate of drug-likeness (QED) is 0.760. The molecule has 1 fully saturated rings. The molecule has 1 saturated heterocycles. The maximum Gasteiger partial charge on any atom is 0.250 e. The summed E-state index contributed by atoms with van der Waals surface area (Å²) in [6.07, 6.45) is 0. The first kappa shape index (κ1) is 12.1. The Kier molecular flexibility index (Phi) is 2.28. The average Bonchev–Trinajstić information content (AvgIpc) is 2.85. The Morgan fingerprint density at radius 3 is 2.71 bits per heavy atom. The van der Waals surface area contributed by atoms with Gasteiger partial charge in [0.2, 0.25) is 11.8 Å². The normalized spacial score (nSPS) is 20.9. The van der Waals surface area contributed by atoms with E-state index in [9.17, 15) is 14.4 Å². The van der Waals surface area contributed by atoms with Gasteiger partial charge < -0.3 is 14.8 Å². The molecule has 2 amide bonds. The number of aromatic amines is 1.